The summed E-state index contributed by atoms with van der Waals surface area (Å²) in [5.74, 6) is 0.502. The molecule has 0 fully saturated rings. The summed E-state index contributed by atoms with van der Waals surface area (Å²) >= 11 is 2.95. The molecule has 2 heterocycles. The van der Waals surface area contributed by atoms with Gasteiger partial charge in [-0.05, 0) is 31.2 Å². The van der Waals surface area contributed by atoms with Crippen LogP contribution in [0.1, 0.15) is 23.3 Å². The first kappa shape index (κ1) is 16.0. The SMILES string of the molecule is Cn1c(SCCS(C)(=O)=O)nc2sc3c(c2c1=O)CCCC3. The van der Waals surface area contributed by atoms with Gasteiger partial charge in [0.1, 0.15) is 14.7 Å². The molecule has 2 aromatic rings. The molecule has 0 unspecified atom stereocenters. The molecule has 8 heteroatoms. The van der Waals surface area contributed by atoms with Gasteiger partial charge in [-0.25, -0.2) is 13.4 Å². The number of hydrogen-bond donors (Lipinski definition) is 0. The lowest BCUT2D eigenvalue weighted by molar-refractivity contribution is 0.603. The molecule has 1 aliphatic carbocycles. The highest BCUT2D eigenvalue weighted by molar-refractivity contribution is 8.00. The molecule has 0 aliphatic heterocycles. The molecule has 0 aromatic carbocycles. The molecule has 0 atom stereocenters. The van der Waals surface area contributed by atoms with Gasteiger partial charge in [0.2, 0.25) is 0 Å². The predicted molar refractivity (Wildman–Crippen MR) is 91.9 cm³/mol. The van der Waals surface area contributed by atoms with Crippen molar-refractivity contribution in [1.29, 1.82) is 0 Å². The van der Waals surface area contributed by atoms with Crippen molar-refractivity contribution in [1.82, 2.24) is 9.55 Å². The third-order valence-electron chi connectivity index (χ3n) is 3.84. The van der Waals surface area contributed by atoms with Crippen molar-refractivity contribution in [2.45, 2.75) is 30.8 Å². The van der Waals surface area contributed by atoms with Crippen molar-refractivity contribution in [3.63, 3.8) is 0 Å². The molecule has 3 rings (SSSR count). The van der Waals surface area contributed by atoms with E-state index in [1.165, 1.54) is 34.9 Å². The van der Waals surface area contributed by atoms with Gasteiger partial charge in [0.05, 0.1) is 11.1 Å². The van der Waals surface area contributed by atoms with Gasteiger partial charge in [0.15, 0.2) is 5.16 Å². The fraction of sp³-hybridized carbons (Fsp3) is 0.571. The van der Waals surface area contributed by atoms with Crippen molar-refractivity contribution < 1.29 is 8.42 Å². The highest BCUT2D eigenvalue weighted by Gasteiger charge is 2.21. The second-order valence-electron chi connectivity index (χ2n) is 5.63. The largest absolute Gasteiger partial charge is 0.290 e. The Kier molecular flexibility index (Phi) is 4.35. The summed E-state index contributed by atoms with van der Waals surface area (Å²) in [4.78, 5) is 19.3. The molecule has 2 aromatic heterocycles. The summed E-state index contributed by atoms with van der Waals surface area (Å²) < 4.78 is 24.0. The molecule has 1 aliphatic rings. The average molecular weight is 359 g/mol. The smallest absolute Gasteiger partial charge is 0.262 e. The minimum atomic E-state index is -3.00. The van der Waals surface area contributed by atoms with Gasteiger partial charge in [0, 0.05) is 23.9 Å². The Morgan fingerprint density at radius 2 is 2.05 bits per heavy atom. The summed E-state index contributed by atoms with van der Waals surface area (Å²) in [6.45, 7) is 0. The third kappa shape index (κ3) is 3.09. The van der Waals surface area contributed by atoms with E-state index in [0.29, 0.717) is 10.9 Å². The molecule has 22 heavy (non-hydrogen) atoms. The second kappa shape index (κ2) is 5.98. The van der Waals surface area contributed by atoms with Crippen molar-refractivity contribution >= 4 is 43.2 Å². The van der Waals surface area contributed by atoms with E-state index in [1.54, 1.807) is 23.0 Å². The number of nitrogens with zero attached hydrogens (tertiary/aromatic N) is 2. The first-order valence-corrected chi connectivity index (χ1v) is 11.0. The number of fused-ring (bicyclic) bond motifs is 3. The van der Waals surface area contributed by atoms with Crippen LogP contribution in [0.25, 0.3) is 10.2 Å². The lowest BCUT2D eigenvalue weighted by Gasteiger charge is -2.10. The zero-order chi connectivity index (χ0) is 15.9. The zero-order valence-corrected chi connectivity index (χ0v) is 15.0. The Balaban J connectivity index is 1.99. The van der Waals surface area contributed by atoms with Crippen LogP contribution in [0.4, 0.5) is 0 Å². The van der Waals surface area contributed by atoms with E-state index < -0.39 is 9.84 Å². The van der Waals surface area contributed by atoms with Crippen LogP contribution < -0.4 is 5.56 Å². The molecule has 0 saturated carbocycles. The fourth-order valence-corrected chi connectivity index (χ4v) is 6.15. The molecule has 0 N–H and O–H groups in total. The number of aryl methyl sites for hydroxylation is 2. The molecule has 0 amide bonds. The van der Waals surface area contributed by atoms with Gasteiger partial charge in [-0.2, -0.15) is 0 Å². The van der Waals surface area contributed by atoms with E-state index in [0.717, 1.165) is 29.5 Å². The maximum atomic E-state index is 12.6. The van der Waals surface area contributed by atoms with Crippen LogP contribution in [0.5, 0.6) is 0 Å². The van der Waals surface area contributed by atoms with E-state index in [-0.39, 0.29) is 11.3 Å². The lowest BCUT2D eigenvalue weighted by Crippen LogP contribution is -2.21. The van der Waals surface area contributed by atoms with E-state index >= 15 is 0 Å². The Labute approximate surface area is 137 Å². The highest BCUT2D eigenvalue weighted by Crippen LogP contribution is 2.34. The quantitative estimate of drug-likeness (QED) is 0.618. The Hall–Kier alpha value is -0.860. The van der Waals surface area contributed by atoms with Crippen LogP contribution >= 0.6 is 23.1 Å². The van der Waals surface area contributed by atoms with E-state index in [1.807, 2.05) is 0 Å². The van der Waals surface area contributed by atoms with Gasteiger partial charge < -0.3 is 0 Å². The molecule has 120 valence electrons. The second-order valence-corrected chi connectivity index (χ2v) is 10.0. The van der Waals surface area contributed by atoms with Crippen LogP contribution in [0.3, 0.4) is 0 Å². The number of aromatic nitrogens is 2. The van der Waals surface area contributed by atoms with E-state index in [2.05, 4.69) is 4.98 Å². The number of rotatable bonds is 4. The number of hydrogen-bond acceptors (Lipinski definition) is 6. The van der Waals surface area contributed by atoms with E-state index in [4.69, 9.17) is 0 Å². The maximum absolute atomic E-state index is 12.6. The summed E-state index contributed by atoms with van der Waals surface area (Å²) in [6.07, 6.45) is 5.53. The Morgan fingerprint density at radius 1 is 1.32 bits per heavy atom. The highest BCUT2D eigenvalue weighted by atomic mass is 32.2. The summed E-state index contributed by atoms with van der Waals surface area (Å²) in [6, 6.07) is 0. The Bertz CT molecular complexity index is 881. The summed E-state index contributed by atoms with van der Waals surface area (Å²) in [5, 5.41) is 1.37. The summed E-state index contributed by atoms with van der Waals surface area (Å²) in [7, 11) is -1.28. The molecule has 0 radical (unpaired) electrons. The van der Waals surface area contributed by atoms with Crippen LogP contribution in [0.15, 0.2) is 9.95 Å². The van der Waals surface area contributed by atoms with Gasteiger partial charge in [0.25, 0.3) is 5.56 Å². The first-order chi connectivity index (χ1) is 10.4. The predicted octanol–water partition coefficient (Wildman–Crippen LogP) is 2.01. The molecule has 0 spiro atoms. The monoisotopic (exact) mass is 358 g/mol. The van der Waals surface area contributed by atoms with Crippen molar-refractivity contribution in [2.75, 3.05) is 17.8 Å². The van der Waals surface area contributed by atoms with Crippen LogP contribution in [-0.4, -0.2) is 35.7 Å². The number of thiophene rings is 1. The van der Waals surface area contributed by atoms with Gasteiger partial charge in [-0.15, -0.1) is 11.3 Å². The normalized spacial score (nSPS) is 15.2. The topological polar surface area (TPSA) is 69.0 Å². The van der Waals surface area contributed by atoms with Crippen LogP contribution in [0.2, 0.25) is 0 Å². The van der Waals surface area contributed by atoms with Gasteiger partial charge >= 0.3 is 0 Å². The molecule has 0 saturated heterocycles. The van der Waals surface area contributed by atoms with Gasteiger partial charge in [-0.1, -0.05) is 11.8 Å². The Morgan fingerprint density at radius 3 is 2.77 bits per heavy atom. The first-order valence-electron chi connectivity index (χ1n) is 7.18. The zero-order valence-electron chi connectivity index (χ0n) is 12.6. The fourth-order valence-electron chi connectivity index (χ4n) is 2.68. The third-order valence-corrected chi connectivity index (χ3v) is 7.26. The molecular weight excluding hydrogens is 340 g/mol. The van der Waals surface area contributed by atoms with E-state index in [9.17, 15) is 13.2 Å². The van der Waals surface area contributed by atoms with Crippen molar-refractivity contribution in [3.05, 3.63) is 20.8 Å². The van der Waals surface area contributed by atoms with Gasteiger partial charge in [-0.3, -0.25) is 9.36 Å². The average Bonchev–Trinajstić information content (AvgIpc) is 2.81. The molecular formula is C14H18N2O3S3. The maximum Gasteiger partial charge on any atom is 0.262 e. The van der Waals surface area contributed by atoms with Crippen LogP contribution in [0, 0.1) is 0 Å². The van der Waals surface area contributed by atoms with Crippen LogP contribution in [-0.2, 0) is 29.7 Å². The van der Waals surface area contributed by atoms with Crippen molar-refractivity contribution in [3.8, 4) is 0 Å². The minimum Gasteiger partial charge on any atom is -0.290 e. The lowest BCUT2D eigenvalue weighted by atomic mass is 9.97. The number of sulfone groups is 1. The standard InChI is InChI=1S/C14H18N2O3S3/c1-16-13(17)11-9-5-3-4-6-10(9)21-12(11)15-14(16)20-7-8-22(2,18)19/h3-8H2,1-2H3. The minimum absolute atomic E-state index is 0.00810. The van der Waals surface area contributed by atoms with Crippen molar-refractivity contribution in [2.24, 2.45) is 7.05 Å². The summed E-state index contributed by atoms with van der Waals surface area (Å²) in [5.41, 5.74) is 1.18. The molecule has 5 nitrogen and oxygen atoms in total. The number of thioether (sulfide) groups is 1. The molecule has 0 bridgehead atoms.